The molecule has 1 rings (SSSR count). The molecular formula is C9H16N2O. The number of hydrogen-bond acceptors (Lipinski definition) is 2. The first-order chi connectivity index (χ1) is 5.59. The summed E-state index contributed by atoms with van der Waals surface area (Å²) in [5, 5.41) is 5.73. The molecule has 0 atom stereocenters. The highest BCUT2D eigenvalue weighted by molar-refractivity contribution is 6.03. The van der Waals surface area contributed by atoms with Crippen molar-refractivity contribution in [1.82, 2.24) is 5.01 Å². The first-order valence-electron chi connectivity index (χ1n) is 4.44. The zero-order valence-electron chi connectivity index (χ0n) is 8.00. The Morgan fingerprint density at radius 2 is 2.25 bits per heavy atom. The van der Waals surface area contributed by atoms with Crippen LogP contribution in [-0.2, 0) is 4.79 Å². The van der Waals surface area contributed by atoms with Crippen LogP contribution in [0.3, 0.4) is 0 Å². The van der Waals surface area contributed by atoms with Gasteiger partial charge in [-0.2, -0.15) is 5.10 Å². The van der Waals surface area contributed by atoms with Gasteiger partial charge in [0.25, 0.3) is 0 Å². The van der Waals surface area contributed by atoms with Gasteiger partial charge >= 0.3 is 0 Å². The van der Waals surface area contributed by atoms with Crippen LogP contribution in [0.25, 0.3) is 0 Å². The number of carbonyl (C=O) groups is 1. The normalized spacial score (nSPS) is 17.5. The van der Waals surface area contributed by atoms with Crippen LogP contribution in [0.5, 0.6) is 0 Å². The van der Waals surface area contributed by atoms with Crippen molar-refractivity contribution in [1.29, 1.82) is 0 Å². The Hall–Kier alpha value is -0.860. The van der Waals surface area contributed by atoms with Crippen LogP contribution < -0.4 is 0 Å². The molecule has 1 aliphatic heterocycles. The van der Waals surface area contributed by atoms with Gasteiger partial charge in [-0.3, -0.25) is 4.79 Å². The van der Waals surface area contributed by atoms with E-state index in [-0.39, 0.29) is 5.91 Å². The number of amides is 1. The maximum atomic E-state index is 11.2. The van der Waals surface area contributed by atoms with Crippen LogP contribution in [0.4, 0.5) is 0 Å². The third kappa shape index (κ3) is 2.32. The zero-order chi connectivity index (χ0) is 9.14. The van der Waals surface area contributed by atoms with Crippen LogP contribution in [0.1, 0.15) is 33.6 Å². The predicted molar refractivity (Wildman–Crippen MR) is 48.9 cm³/mol. The molecular weight excluding hydrogens is 152 g/mol. The summed E-state index contributed by atoms with van der Waals surface area (Å²) in [6.45, 7) is 6.97. The molecule has 0 aliphatic carbocycles. The molecule has 3 heteroatoms. The molecule has 3 nitrogen and oxygen atoms in total. The standard InChI is InChI=1S/C9H16N2O/c1-7(2)4-5-11-9(12)6-8(3)10-11/h7H,4-6H2,1-3H3. The van der Waals surface area contributed by atoms with Gasteiger partial charge in [0.2, 0.25) is 5.91 Å². The molecule has 12 heavy (non-hydrogen) atoms. The third-order valence-electron chi connectivity index (χ3n) is 1.90. The highest BCUT2D eigenvalue weighted by atomic mass is 16.2. The fourth-order valence-corrected chi connectivity index (χ4v) is 1.16. The molecule has 0 aromatic rings. The zero-order valence-corrected chi connectivity index (χ0v) is 8.00. The van der Waals surface area contributed by atoms with Crippen molar-refractivity contribution in [2.45, 2.75) is 33.6 Å². The number of nitrogens with zero attached hydrogens (tertiary/aromatic N) is 2. The van der Waals surface area contributed by atoms with Crippen LogP contribution in [0, 0.1) is 5.92 Å². The summed E-state index contributed by atoms with van der Waals surface area (Å²) < 4.78 is 0. The van der Waals surface area contributed by atoms with Gasteiger partial charge in [-0.1, -0.05) is 13.8 Å². The van der Waals surface area contributed by atoms with Crippen molar-refractivity contribution in [2.75, 3.05) is 6.54 Å². The smallest absolute Gasteiger partial charge is 0.248 e. The van der Waals surface area contributed by atoms with Crippen molar-refractivity contribution in [3.05, 3.63) is 0 Å². The molecule has 0 aromatic carbocycles. The maximum Gasteiger partial charge on any atom is 0.248 e. The van der Waals surface area contributed by atoms with Crippen molar-refractivity contribution < 1.29 is 4.79 Å². The van der Waals surface area contributed by atoms with E-state index < -0.39 is 0 Å². The van der Waals surface area contributed by atoms with Crippen LogP contribution in [-0.4, -0.2) is 23.2 Å². The number of hydrazone groups is 1. The summed E-state index contributed by atoms with van der Waals surface area (Å²) in [6.07, 6.45) is 1.54. The minimum atomic E-state index is 0.146. The molecule has 0 radical (unpaired) electrons. The molecule has 1 aliphatic rings. The van der Waals surface area contributed by atoms with E-state index in [9.17, 15) is 4.79 Å². The summed E-state index contributed by atoms with van der Waals surface area (Å²) >= 11 is 0. The van der Waals surface area contributed by atoms with Gasteiger partial charge in [0.1, 0.15) is 0 Å². The Bertz CT molecular complexity index is 209. The van der Waals surface area contributed by atoms with E-state index in [1.165, 1.54) is 0 Å². The van der Waals surface area contributed by atoms with E-state index in [4.69, 9.17) is 0 Å². The second-order valence-corrected chi connectivity index (χ2v) is 3.71. The van der Waals surface area contributed by atoms with Gasteiger partial charge < -0.3 is 0 Å². The monoisotopic (exact) mass is 168 g/mol. The third-order valence-corrected chi connectivity index (χ3v) is 1.90. The lowest BCUT2D eigenvalue weighted by molar-refractivity contribution is -0.128. The molecule has 0 saturated heterocycles. The van der Waals surface area contributed by atoms with Gasteiger partial charge in [-0.25, -0.2) is 5.01 Å². The Morgan fingerprint density at radius 1 is 1.58 bits per heavy atom. The average Bonchev–Trinajstić information content (AvgIpc) is 2.26. The molecule has 0 spiro atoms. The quantitative estimate of drug-likeness (QED) is 0.630. The fourth-order valence-electron chi connectivity index (χ4n) is 1.16. The summed E-state index contributed by atoms with van der Waals surface area (Å²) in [5.74, 6) is 0.780. The Labute approximate surface area is 73.4 Å². The van der Waals surface area contributed by atoms with E-state index in [0.717, 1.165) is 18.7 Å². The SMILES string of the molecule is CC1=NN(CCC(C)C)C(=O)C1. The van der Waals surface area contributed by atoms with Crippen LogP contribution >= 0.6 is 0 Å². The van der Waals surface area contributed by atoms with E-state index in [0.29, 0.717) is 12.3 Å². The minimum absolute atomic E-state index is 0.146. The lowest BCUT2D eigenvalue weighted by atomic mass is 10.1. The molecule has 0 bridgehead atoms. The van der Waals surface area contributed by atoms with E-state index in [1.807, 2.05) is 6.92 Å². The van der Waals surface area contributed by atoms with E-state index in [1.54, 1.807) is 5.01 Å². The van der Waals surface area contributed by atoms with Gasteiger partial charge in [-0.15, -0.1) is 0 Å². The largest absolute Gasteiger partial charge is 0.273 e. The molecule has 1 amide bonds. The summed E-state index contributed by atoms with van der Waals surface area (Å²) in [7, 11) is 0. The Morgan fingerprint density at radius 3 is 2.67 bits per heavy atom. The fraction of sp³-hybridized carbons (Fsp3) is 0.778. The summed E-state index contributed by atoms with van der Waals surface area (Å²) in [4.78, 5) is 11.2. The summed E-state index contributed by atoms with van der Waals surface area (Å²) in [5.41, 5.74) is 0.934. The molecule has 0 fully saturated rings. The molecule has 0 aromatic heterocycles. The molecule has 68 valence electrons. The topological polar surface area (TPSA) is 32.7 Å². The highest BCUT2D eigenvalue weighted by Gasteiger charge is 2.20. The van der Waals surface area contributed by atoms with E-state index >= 15 is 0 Å². The highest BCUT2D eigenvalue weighted by Crippen LogP contribution is 2.10. The first kappa shape index (κ1) is 9.23. The van der Waals surface area contributed by atoms with Gasteiger partial charge in [0.05, 0.1) is 6.42 Å². The number of hydrogen-bond donors (Lipinski definition) is 0. The number of carbonyl (C=O) groups excluding carboxylic acids is 1. The molecule has 0 N–H and O–H groups in total. The molecule has 0 saturated carbocycles. The lowest BCUT2D eigenvalue weighted by Gasteiger charge is -2.12. The second-order valence-electron chi connectivity index (χ2n) is 3.71. The molecule has 1 heterocycles. The van der Waals surface area contributed by atoms with Gasteiger partial charge in [0.15, 0.2) is 0 Å². The van der Waals surface area contributed by atoms with Gasteiger partial charge in [0, 0.05) is 12.3 Å². The lowest BCUT2D eigenvalue weighted by Crippen LogP contribution is -2.22. The van der Waals surface area contributed by atoms with Crippen molar-refractivity contribution in [3.8, 4) is 0 Å². The first-order valence-corrected chi connectivity index (χ1v) is 4.44. The Balaban J connectivity index is 2.37. The van der Waals surface area contributed by atoms with Crippen LogP contribution in [0.2, 0.25) is 0 Å². The second kappa shape index (κ2) is 3.70. The maximum absolute atomic E-state index is 11.2. The Kier molecular flexibility index (Phi) is 2.84. The van der Waals surface area contributed by atoms with Crippen molar-refractivity contribution in [2.24, 2.45) is 11.0 Å². The van der Waals surface area contributed by atoms with Crippen molar-refractivity contribution in [3.63, 3.8) is 0 Å². The van der Waals surface area contributed by atoms with E-state index in [2.05, 4.69) is 18.9 Å². The summed E-state index contributed by atoms with van der Waals surface area (Å²) in [6, 6.07) is 0. The predicted octanol–water partition coefficient (Wildman–Crippen LogP) is 1.64. The van der Waals surface area contributed by atoms with Crippen LogP contribution in [0.15, 0.2) is 5.10 Å². The number of rotatable bonds is 3. The average molecular weight is 168 g/mol. The molecule has 0 unspecified atom stereocenters. The van der Waals surface area contributed by atoms with Crippen molar-refractivity contribution >= 4 is 11.6 Å². The van der Waals surface area contributed by atoms with Gasteiger partial charge in [-0.05, 0) is 19.3 Å². The minimum Gasteiger partial charge on any atom is -0.273 e.